The molecule has 0 amide bonds. The Morgan fingerprint density at radius 3 is 2.78 bits per heavy atom. The van der Waals surface area contributed by atoms with E-state index in [4.69, 9.17) is 9.15 Å². The van der Waals surface area contributed by atoms with Crippen LogP contribution in [0.15, 0.2) is 33.7 Å². The second-order valence-corrected chi connectivity index (χ2v) is 7.68. The molecule has 1 aromatic heterocycles. The lowest BCUT2D eigenvalue weighted by atomic mass is 10.0. The minimum atomic E-state index is -0.931. The third-order valence-corrected chi connectivity index (χ3v) is 5.44. The van der Waals surface area contributed by atoms with Crippen LogP contribution in [-0.4, -0.2) is 29.0 Å². The Morgan fingerprint density at radius 2 is 2.17 bits per heavy atom. The molecule has 2 N–H and O–H groups in total. The molecule has 1 saturated heterocycles. The molecule has 1 aliphatic rings. The summed E-state index contributed by atoms with van der Waals surface area (Å²) in [5.74, 6) is -0.325. The summed E-state index contributed by atoms with van der Waals surface area (Å²) in [6, 6.07) is 4.27. The van der Waals surface area contributed by atoms with Crippen LogP contribution in [0.2, 0.25) is 0 Å². The number of hydrogen-bond donors (Lipinski definition) is 2. The van der Waals surface area contributed by atoms with E-state index in [2.05, 4.69) is 5.32 Å². The Morgan fingerprint density at radius 1 is 1.43 bits per heavy atom. The van der Waals surface area contributed by atoms with Crippen LogP contribution in [0.1, 0.15) is 24.8 Å². The van der Waals surface area contributed by atoms with Crippen molar-refractivity contribution in [2.75, 3.05) is 7.11 Å². The van der Waals surface area contributed by atoms with E-state index >= 15 is 0 Å². The number of carboxylic acid groups (broad SMARTS) is 1. The Labute approximate surface area is 136 Å². The highest BCUT2D eigenvalue weighted by molar-refractivity contribution is 8.01. The topological polar surface area (TPSA) is 88.8 Å². The number of aliphatic carboxylic acids is 1. The van der Waals surface area contributed by atoms with Crippen molar-refractivity contribution in [1.29, 1.82) is 0 Å². The van der Waals surface area contributed by atoms with Gasteiger partial charge in [0.15, 0.2) is 5.43 Å². The highest BCUT2D eigenvalue weighted by Gasteiger charge is 2.46. The molecule has 0 aliphatic carbocycles. The molecule has 2 unspecified atom stereocenters. The molecule has 2 aromatic rings. The summed E-state index contributed by atoms with van der Waals surface area (Å²) in [4.78, 5) is 24.1. The van der Waals surface area contributed by atoms with Gasteiger partial charge in [-0.3, -0.25) is 14.9 Å². The molecule has 1 aromatic carbocycles. The molecule has 6 nitrogen and oxygen atoms in total. The first-order valence-electron chi connectivity index (χ1n) is 7.09. The molecule has 2 atom stereocenters. The number of methoxy groups -OCH3 is 1. The summed E-state index contributed by atoms with van der Waals surface area (Å²) in [5.41, 5.74) is 0.695. The Balaban J connectivity index is 2.03. The van der Waals surface area contributed by atoms with Gasteiger partial charge in [-0.05, 0) is 26.0 Å². The molecule has 0 saturated carbocycles. The normalized spacial score (nSPS) is 23.1. The summed E-state index contributed by atoms with van der Waals surface area (Å²) >= 11 is 1.41. The Kier molecular flexibility index (Phi) is 3.85. The van der Waals surface area contributed by atoms with Gasteiger partial charge in [0.2, 0.25) is 0 Å². The van der Waals surface area contributed by atoms with Gasteiger partial charge in [-0.25, -0.2) is 0 Å². The van der Waals surface area contributed by atoms with Gasteiger partial charge >= 0.3 is 5.97 Å². The summed E-state index contributed by atoms with van der Waals surface area (Å²) in [7, 11) is 1.54. The standard InChI is InChI=1S/C16H17NO5S/c1-16(2)13(15(19)20)17-14(23-16)10-7-22-11-6-8(21-3)4-5-9(11)12(10)18/h4-7,13-14,17H,1-3H3,(H,19,20). The van der Waals surface area contributed by atoms with Crippen LogP contribution in [0.3, 0.4) is 0 Å². The minimum absolute atomic E-state index is 0.166. The first-order valence-corrected chi connectivity index (χ1v) is 7.97. The van der Waals surface area contributed by atoms with Gasteiger partial charge in [0.05, 0.1) is 23.4 Å². The van der Waals surface area contributed by atoms with Crippen molar-refractivity contribution in [3.05, 3.63) is 40.2 Å². The van der Waals surface area contributed by atoms with Gasteiger partial charge in [-0.2, -0.15) is 0 Å². The molecule has 7 heteroatoms. The van der Waals surface area contributed by atoms with Crippen molar-refractivity contribution in [2.45, 2.75) is 30.0 Å². The number of hydrogen-bond acceptors (Lipinski definition) is 6. The molecule has 0 spiro atoms. The molecule has 3 rings (SSSR count). The fourth-order valence-corrected chi connectivity index (χ4v) is 4.12. The number of ether oxygens (including phenoxy) is 1. The lowest BCUT2D eigenvalue weighted by molar-refractivity contribution is -0.139. The van der Waals surface area contributed by atoms with Crippen molar-refractivity contribution >= 4 is 28.7 Å². The summed E-state index contributed by atoms with van der Waals surface area (Å²) in [6.07, 6.45) is 1.40. The van der Waals surface area contributed by atoms with Crippen LogP contribution in [0, 0.1) is 0 Å². The molecule has 122 valence electrons. The fraction of sp³-hybridized carbons (Fsp3) is 0.375. The second-order valence-electron chi connectivity index (χ2n) is 5.92. The largest absolute Gasteiger partial charge is 0.497 e. The lowest BCUT2D eigenvalue weighted by Gasteiger charge is -2.20. The number of carbonyl (C=O) groups is 1. The van der Waals surface area contributed by atoms with Crippen LogP contribution in [0.4, 0.5) is 0 Å². The number of nitrogens with one attached hydrogen (secondary N) is 1. The maximum atomic E-state index is 12.7. The SMILES string of the molecule is COc1ccc2c(=O)c(C3NC(C(=O)O)C(C)(C)S3)coc2c1. The molecule has 2 heterocycles. The predicted octanol–water partition coefficient (Wildman–Crippen LogP) is 2.37. The van der Waals surface area contributed by atoms with E-state index in [1.165, 1.54) is 18.0 Å². The number of rotatable bonds is 3. The van der Waals surface area contributed by atoms with Crippen molar-refractivity contribution in [3.8, 4) is 5.75 Å². The van der Waals surface area contributed by atoms with E-state index in [0.29, 0.717) is 22.3 Å². The summed E-state index contributed by atoms with van der Waals surface area (Å²) < 4.78 is 10.1. The van der Waals surface area contributed by atoms with Gasteiger partial charge < -0.3 is 14.3 Å². The monoisotopic (exact) mass is 335 g/mol. The van der Waals surface area contributed by atoms with E-state index < -0.39 is 22.1 Å². The van der Waals surface area contributed by atoms with Crippen molar-refractivity contribution in [2.24, 2.45) is 0 Å². The van der Waals surface area contributed by atoms with Gasteiger partial charge in [0.25, 0.3) is 0 Å². The zero-order chi connectivity index (χ0) is 16.8. The van der Waals surface area contributed by atoms with Crippen molar-refractivity contribution in [3.63, 3.8) is 0 Å². The van der Waals surface area contributed by atoms with Crippen LogP contribution < -0.4 is 15.5 Å². The zero-order valence-electron chi connectivity index (χ0n) is 13.0. The first kappa shape index (κ1) is 15.9. The highest BCUT2D eigenvalue weighted by atomic mass is 32.2. The molecular weight excluding hydrogens is 318 g/mol. The van der Waals surface area contributed by atoms with Crippen LogP contribution >= 0.6 is 11.8 Å². The average molecular weight is 335 g/mol. The third-order valence-electron chi connectivity index (χ3n) is 3.97. The van der Waals surface area contributed by atoms with E-state index in [1.807, 2.05) is 13.8 Å². The molecule has 23 heavy (non-hydrogen) atoms. The van der Waals surface area contributed by atoms with Gasteiger partial charge in [0, 0.05) is 10.8 Å². The minimum Gasteiger partial charge on any atom is -0.497 e. The molecule has 0 bridgehead atoms. The first-order chi connectivity index (χ1) is 10.8. The summed E-state index contributed by atoms with van der Waals surface area (Å²) in [6.45, 7) is 3.69. The van der Waals surface area contributed by atoms with Crippen LogP contribution in [0.5, 0.6) is 5.75 Å². The number of fused-ring (bicyclic) bond motifs is 1. The quantitative estimate of drug-likeness (QED) is 0.890. The molecular formula is C16H17NO5S. The van der Waals surface area contributed by atoms with E-state index in [0.717, 1.165) is 0 Å². The number of benzene rings is 1. The predicted molar refractivity (Wildman–Crippen MR) is 88.0 cm³/mol. The molecule has 1 aliphatic heterocycles. The fourth-order valence-electron chi connectivity index (χ4n) is 2.71. The smallest absolute Gasteiger partial charge is 0.322 e. The Bertz CT molecular complexity index is 829. The maximum absolute atomic E-state index is 12.7. The van der Waals surface area contributed by atoms with E-state index in [-0.39, 0.29) is 5.43 Å². The van der Waals surface area contributed by atoms with Gasteiger partial charge in [-0.15, -0.1) is 11.8 Å². The van der Waals surface area contributed by atoms with Crippen LogP contribution in [0.25, 0.3) is 11.0 Å². The number of thioether (sulfide) groups is 1. The van der Waals surface area contributed by atoms with Gasteiger partial charge in [-0.1, -0.05) is 0 Å². The molecule has 0 radical (unpaired) electrons. The van der Waals surface area contributed by atoms with Crippen LogP contribution in [-0.2, 0) is 4.79 Å². The van der Waals surface area contributed by atoms with Crippen molar-refractivity contribution in [1.82, 2.24) is 5.32 Å². The second kappa shape index (κ2) is 5.58. The van der Waals surface area contributed by atoms with Crippen molar-refractivity contribution < 1.29 is 19.1 Å². The van der Waals surface area contributed by atoms with Gasteiger partial charge in [0.1, 0.15) is 23.6 Å². The third kappa shape index (κ3) is 2.70. The molecule has 1 fully saturated rings. The zero-order valence-corrected chi connectivity index (χ0v) is 13.8. The number of carboxylic acids is 1. The maximum Gasteiger partial charge on any atom is 0.322 e. The Hall–Kier alpha value is -1.99. The lowest BCUT2D eigenvalue weighted by Crippen LogP contribution is -2.43. The van der Waals surface area contributed by atoms with E-state index in [1.54, 1.807) is 25.3 Å². The summed E-state index contributed by atoms with van der Waals surface area (Å²) in [5, 5.41) is 12.3. The highest BCUT2D eigenvalue weighted by Crippen LogP contribution is 2.45. The van der Waals surface area contributed by atoms with E-state index in [9.17, 15) is 14.7 Å². The average Bonchev–Trinajstić information content (AvgIpc) is 2.82.